The normalized spacial score (nSPS) is 10.8. The van der Waals surface area contributed by atoms with Crippen molar-refractivity contribution in [2.45, 2.75) is 20.0 Å². The molecule has 0 aromatic carbocycles. The van der Waals surface area contributed by atoms with Crippen LogP contribution in [0.25, 0.3) is 0 Å². The van der Waals surface area contributed by atoms with Gasteiger partial charge in [0.25, 0.3) is 0 Å². The molecule has 0 saturated carbocycles. The Morgan fingerprint density at radius 2 is 2.40 bits per heavy atom. The van der Waals surface area contributed by atoms with Crippen LogP contribution in [0.3, 0.4) is 0 Å². The van der Waals surface area contributed by atoms with Gasteiger partial charge in [0.05, 0.1) is 12.2 Å². The van der Waals surface area contributed by atoms with E-state index in [1.807, 2.05) is 26.4 Å². The van der Waals surface area contributed by atoms with Crippen LogP contribution >= 0.6 is 11.3 Å². The van der Waals surface area contributed by atoms with Gasteiger partial charge in [-0.3, -0.25) is 0 Å². The van der Waals surface area contributed by atoms with Gasteiger partial charge in [-0.2, -0.15) is 0 Å². The zero-order valence-corrected chi connectivity index (χ0v) is 9.71. The van der Waals surface area contributed by atoms with Gasteiger partial charge in [0.1, 0.15) is 10.8 Å². The van der Waals surface area contributed by atoms with Gasteiger partial charge in [-0.1, -0.05) is 0 Å². The topological polar surface area (TPSA) is 42.7 Å². The van der Waals surface area contributed by atoms with Crippen molar-refractivity contribution in [3.8, 4) is 0 Å². The van der Waals surface area contributed by atoms with Gasteiger partial charge in [0.15, 0.2) is 0 Å². The molecule has 0 unspecified atom stereocenters. The number of hydrogen-bond donors (Lipinski definition) is 1. The lowest BCUT2D eigenvalue weighted by Gasteiger charge is -2.00. The first-order valence-electron chi connectivity index (χ1n) is 4.85. The third-order valence-corrected chi connectivity index (χ3v) is 3.08. The SMILES string of the molecule is CNCc1nc(Cn2ccnc2C)cs1. The summed E-state index contributed by atoms with van der Waals surface area (Å²) in [5.74, 6) is 1.03. The molecule has 5 heteroatoms. The van der Waals surface area contributed by atoms with Crippen molar-refractivity contribution in [1.29, 1.82) is 0 Å². The van der Waals surface area contributed by atoms with E-state index in [-0.39, 0.29) is 0 Å². The van der Waals surface area contributed by atoms with E-state index in [4.69, 9.17) is 0 Å². The second-order valence-corrected chi connectivity index (χ2v) is 4.31. The van der Waals surface area contributed by atoms with Crippen LogP contribution in [-0.4, -0.2) is 21.6 Å². The molecule has 0 aliphatic heterocycles. The minimum Gasteiger partial charge on any atom is -0.329 e. The lowest BCUT2D eigenvalue weighted by molar-refractivity contribution is 0.735. The molecular weight excluding hydrogens is 208 g/mol. The maximum atomic E-state index is 4.52. The highest BCUT2D eigenvalue weighted by Crippen LogP contribution is 2.11. The molecule has 0 aliphatic rings. The van der Waals surface area contributed by atoms with Gasteiger partial charge in [0.2, 0.25) is 0 Å². The number of nitrogens with zero attached hydrogens (tertiary/aromatic N) is 3. The maximum absolute atomic E-state index is 4.52. The average molecular weight is 222 g/mol. The molecule has 80 valence electrons. The number of thiazole rings is 1. The largest absolute Gasteiger partial charge is 0.329 e. The van der Waals surface area contributed by atoms with Gasteiger partial charge in [0, 0.05) is 24.3 Å². The van der Waals surface area contributed by atoms with Crippen molar-refractivity contribution < 1.29 is 0 Å². The molecule has 0 atom stereocenters. The van der Waals surface area contributed by atoms with Gasteiger partial charge in [-0.25, -0.2) is 9.97 Å². The highest BCUT2D eigenvalue weighted by molar-refractivity contribution is 7.09. The fourth-order valence-electron chi connectivity index (χ4n) is 1.40. The quantitative estimate of drug-likeness (QED) is 0.850. The molecule has 0 radical (unpaired) electrons. The van der Waals surface area contributed by atoms with Gasteiger partial charge >= 0.3 is 0 Å². The molecule has 0 fully saturated rings. The Labute approximate surface area is 93.0 Å². The highest BCUT2D eigenvalue weighted by atomic mass is 32.1. The maximum Gasteiger partial charge on any atom is 0.107 e. The van der Waals surface area contributed by atoms with E-state index in [9.17, 15) is 0 Å². The zero-order chi connectivity index (χ0) is 10.7. The molecule has 2 heterocycles. The van der Waals surface area contributed by atoms with Crippen LogP contribution in [-0.2, 0) is 13.1 Å². The van der Waals surface area contributed by atoms with Crippen LogP contribution in [0.1, 0.15) is 16.5 Å². The average Bonchev–Trinajstić information content (AvgIpc) is 2.79. The van der Waals surface area contributed by atoms with Crippen LogP contribution in [0, 0.1) is 6.92 Å². The molecule has 15 heavy (non-hydrogen) atoms. The summed E-state index contributed by atoms with van der Waals surface area (Å²) in [6, 6.07) is 0. The Balaban J connectivity index is 2.08. The molecule has 0 aliphatic carbocycles. The van der Waals surface area contributed by atoms with Crippen molar-refractivity contribution >= 4 is 11.3 Å². The van der Waals surface area contributed by atoms with Gasteiger partial charge in [-0.15, -0.1) is 11.3 Å². The summed E-state index contributed by atoms with van der Waals surface area (Å²) in [4.78, 5) is 8.71. The minimum absolute atomic E-state index is 0.812. The summed E-state index contributed by atoms with van der Waals surface area (Å²) in [6.07, 6.45) is 3.79. The first-order chi connectivity index (χ1) is 7.29. The Hall–Kier alpha value is -1.20. The van der Waals surface area contributed by atoms with E-state index in [0.717, 1.165) is 29.6 Å². The summed E-state index contributed by atoms with van der Waals surface area (Å²) < 4.78 is 2.10. The summed E-state index contributed by atoms with van der Waals surface area (Å²) in [6.45, 7) is 3.65. The van der Waals surface area contributed by atoms with Crippen molar-refractivity contribution in [2.24, 2.45) is 0 Å². The lowest BCUT2D eigenvalue weighted by Crippen LogP contribution is -2.05. The Morgan fingerprint density at radius 3 is 3.07 bits per heavy atom. The van der Waals surface area contributed by atoms with Crippen molar-refractivity contribution in [1.82, 2.24) is 19.9 Å². The Morgan fingerprint density at radius 1 is 1.53 bits per heavy atom. The van der Waals surface area contributed by atoms with Crippen LogP contribution in [0.4, 0.5) is 0 Å². The molecule has 4 nitrogen and oxygen atoms in total. The third kappa shape index (κ3) is 2.43. The van der Waals surface area contributed by atoms with E-state index >= 15 is 0 Å². The standard InChI is InChI=1S/C10H14N4S/c1-8-12-3-4-14(8)6-9-7-15-10(13-9)5-11-2/h3-4,7,11H,5-6H2,1-2H3. The molecule has 2 rings (SSSR count). The number of rotatable bonds is 4. The highest BCUT2D eigenvalue weighted by Gasteiger charge is 2.03. The van der Waals surface area contributed by atoms with Crippen LogP contribution < -0.4 is 5.32 Å². The number of imidazole rings is 1. The van der Waals surface area contributed by atoms with Gasteiger partial charge in [-0.05, 0) is 14.0 Å². The van der Waals surface area contributed by atoms with E-state index in [2.05, 4.69) is 25.2 Å². The summed E-state index contributed by atoms with van der Waals surface area (Å²) in [5.41, 5.74) is 1.10. The minimum atomic E-state index is 0.812. The monoisotopic (exact) mass is 222 g/mol. The molecule has 0 saturated heterocycles. The summed E-state index contributed by atoms with van der Waals surface area (Å²) in [7, 11) is 1.93. The first-order valence-corrected chi connectivity index (χ1v) is 5.73. The van der Waals surface area contributed by atoms with Crippen LogP contribution in [0.15, 0.2) is 17.8 Å². The van der Waals surface area contributed by atoms with E-state index in [1.54, 1.807) is 11.3 Å². The van der Waals surface area contributed by atoms with Crippen LogP contribution in [0.2, 0.25) is 0 Å². The number of nitrogens with one attached hydrogen (secondary N) is 1. The van der Waals surface area contributed by atoms with E-state index in [1.165, 1.54) is 0 Å². The van der Waals surface area contributed by atoms with Crippen LogP contribution in [0.5, 0.6) is 0 Å². The second-order valence-electron chi connectivity index (χ2n) is 3.37. The molecule has 0 bridgehead atoms. The second kappa shape index (κ2) is 4.55. The van der Waals surface area contributed by atoms with Crippen molar-refractivity contribution in [3.05, 3.63) is 34.3 Å². The molecule has 0 spiro atoms. The number of aromatic nitrogens is 3. The molecule has 0 amide bonds. The van der Waals surface area contributed by atoms with Gasteiger partial charge < -0.3 is 9.88 Å². The number of hydrogen-bond acceptors (Lipinski definition) is 4. The van der Waals surface area contributed by atoms with E-state index < -0.39 is 0 Å². The molecule has 1 N–H and O–H groups in total. The third-order valence-electron chi connectivity index (χ3n) is 2.18. The van der Waals surface area contributed by atoms with Crippen molar-refractivity contribution in [2.75, 3.05) is 7.05 Å². The first kappa shape index (κ1) is 10.3. The number of aryl methyl sites for hydroxylation is 1. The zero-order valence-electron chi connectivity index (χ0n) is 8.90. The van der Waals surface area contributed by atoms with Crippen molar-refractivity contribution in [3.63, 3.8) is 0 Å². The lowest BCUT2D eigenvalue weighted by atomic mass is 10.4. The fourth-order valence-corrected chi connectivity index (χ4v) is 2.20. The predicted molar refractivity (Wildman–Crippen MR) is 60.9 cm³/mol. The Kier molecular flexibility index (Phi) is 3.13. The summed E-state index contributed by atoms with van der Waals surface area (Å²) in [5, 5.41) is 6.33. The molecule has 2 aromatic heterocycles. The van der Waals surface area contributed by atoms with E-state index in [0.29, 0.717) is 0 Å². The smallest absolute Gasteiger partial charge is 0.107 e. The molecular formula is C10H14N4S. The summed E-state index contributed by atoms with van der Waals surface area (Å²) >= 11 is 1.69. The fraction of sp³-hybridized carbons (Fsp3) is 0.400. The molecule has 2 aromatic rings. The Bertz CT molecular complexity index is 432. The predicted octanol–water partition coefficient (Wildman–Crippen LogP) is 1.42.